The molecule has 0 aromatic carbocycles. The van der Waals surface area contributed by atoms with Crippen LogP contribution in [-0.2, 0) is 28.6 Å². The Kier molecular flexibility index (Phi) is 57.8. The Bertz CT molecular complexity index is 1340. The molecule has 0 aromatic rings. The zero-order valence-corrected chi connectivity index (χ0v) is 47.7. The number of ether oxygens (including phenoxy) is 3. The van der Waals surface area contributed by atoms with E-state index in [1.54, 1.807) is 0 Å². The fraction of sp³-hybridized carbons (Fsp3) is 0.773. The number of esters is 3. The molecule has 0 aliphatic heterocycles. The van der Waals surface area contributed by atoms with Gasteiger partial charge in [-0.3, -0.25) is 14.4 Å². The molecule has 0 radical (unpaired) electrons. The fourth-order valence-corrected chi connectivity index (χ4v) is 8.79. The molecule has 6 heteroatoms. The van der Waals surface area contributed by atoms with Crippen LogP contribution in [0.5, 0.6) is 0 Å². The highest BCUT2D eigenvalue weighted by atomic mass is 16.6. The lowest BCUT2D eigenvalue weighted by atomic mass is 10.0. The predicted octanol–water partition coefficient (Wildman–Crippen LogP) is 20.9. The Balaban J connectivity index is 4.08. The van der Waals surface area contributed by atoms with Crippen LogP contribution in [0.3, 0.4) is 0 Å². The van der Waals surface area contributed by atoms with Gasteiger partial charge in [-0.25, -0.2) is 0 Å². The van der Waals surface area contributed by atoms with Crippen molar-refractivity contribution in [2.24, 2.45) is 0 Å². The second-order valence-corrected chi connectivity index (χ2v) is 20.6. The highest BCUT2D eigenvalue weighted by molar-refractivity contribution is 5.71. The second-order valence-electron chi connectivity index (χ2n) is 20.6. The van der Waals surface area contributed by atoms with Crippen molar-refractivity contribution in [2.45, 2.75) is 316 Å². The van der Waals surface area contributed by atoms with Gasteiger partial charge in [0.05, 0.1) is 0 Å². The van der Waals surface area contributed by atoms with E-state index < -0.39 is 6.10 Å². The number of unbranched alkanes of at least 4 members (excludes halogenated alkanes) is 33. The molecule has 0 saturated heterocycles. The average Bonchev–Trinajstić information content (AvgIpc) is 3.38. The van der Waals surface area contributed by atoms with E-state index in [0.717, 1.165) is 109 Å². The van der Waals surface area contributed by atoms with Gasteiger partial charge in [-0.2, -0.15) is 0 Å². The van der Waals surface area contributed by atoms with Crippen LogP contribution in [0, 0.1) is 0 Å². The molecular weight excluding hydrogens is 889 g/mol. The minimum absolute atomic E-state index is 0.0781. The smallest absolute Gasteiger partial charge is 0.306 e. The molecule has 72 heavy (non-hydrogen) atoms. The standard InChI is InChI=1S/C66H116O6/c1-4-7-10-13-16-19-22-24-25-26-27-28-29-30-31-32-33-34-35-36-37-38-39-40-41-43-44-47-50-53-56-59-65(68)71-62-63(61-70-64(67)58-55-52-49-46-21-18-15-12-9-6-3)72-66(69)60-57-54-51-48-45-42-23-20-17-14-11-8-5-2/h7,10,12,15-16,19-20,23-25,27-28,63H,4-6,8-9,11,13-14,17-18,21-22,26,29-62H2,1-3H3/b10-7-,15-12-,19-16-,23-20-,25-24-,28-27-. The molecule has 416 valence electrons. The van der Waals surface area contributed by atoms with Gasteiger partial charge in [-0.15, -0.1) is 0 Å². The first kappa shape index (κ1) is 68.8. The monoisotopic (exact) mass is 1000 g/mol. The summed E-state index contributed by atoms with van der Waals surface area (Å²) in [5.74, 6) is -0.887. The summed E-state index contributed by atoms with van der Waals surface area (Å²) in [6.07, 6.45) is 77.9. The quantitative estimate of drug-likeness (QED) is 0.0261. The lowest BCUT2D eigenvalue weighted by molar-refractivity contribution is -0.167. The maximum Gasteiger partial charge on any atom is 0.306 e. The molecule has 0 aromatic heterocycles. The molecular formula is C66H116O6. The first-order valence-corrected chi connectivity index (χ1v) is 30.9. The third-order valence-corrected chi connectivity index (χ3v) is 13.4. The van der Waals surface area contributed by atoms with Crippen molar-refractivity contribution in [3.63, 3.8) is 0 Å². The molecule has 0 fully saturated rings. The molecule has 1 unspecified atom stereocenters. The molecule has 0 rings (SSSR count). The lowest BCUT2D eigenvalue weighted by Crippen LogP contribution is -2.30. The molecule has 0 N–H and O–H groups in total. The molecule has 0 aliphatic rings. The van der Waals surface area contributed by atoms with E-state index in [0.29, 0.717) is 19.3 Å². The number of carbonyl (C=O) groups is 3. The van der Waals surface area contributed by atoms with Crippen LogP contribution in [-0.4, -0.2) is 37.2 Å². The van der Waals surface area contributed by atoms with Crippen molar-refractivity contribution in [2.75, 3.05) is 13.2 Å². The van der Waals surface area contributed by atoms with Gasteiger partial charge in [0.2, 0.25) is 0 Å². The van der Waals surface area contributed by atoms with Gasteiger partial charge in [-0.1, -0.05) is 261 Å². The van der Waals surface area contributed by atoms with Crippen LogP contribution in [0.2, 0.25) is 0 Å². The van der Waals surface area contributed by atoms with E-state index in [4.69, 9.17) is 14.2 Å². The summed E-state index contributed by atoms with van der Waals surface area (Å²) in [5.41, 5.74) is 0. The molecule has 0 heterocycles. The summed E-state index contributed by atoms with van der Waals surface area (Å²) in [7, 11) is 0. The van der Waals surface area contributed by atoms with Gasteiger partial charge in [0.25, 0.3) is 0 Å². The van der Waals surface area contributed by atoms with E-state index in [1.165, 1.54) is 161 Å². The molecule has 0 saturated carbocycles. The van der Waals surface area contributed by atoms with Gasteiger partial charge in [0.15, 0.2) is 6.10 Å². The van der Waals surface area contributed by atoms with E-state index in [2.05, 4.69) is 93.7 Å². The summed E-state index contributed by atoms with van der Waals surface area (Å²) in [6.45, 7) is 6.46. The Morgan fingerprint density at radius 3 is 0.917 bits per heavy atom. The molecule has 0 amide bonds. The summed E-state index contributed by atoms with van der Waals surface area (Å²) in [6, 6.07) is 0. The minimum atomic E-state index is -0.779. The van der Waals surface area contributed by atoms with Crippen molar-refractivity contribution in [3.05, 3.63) is 72.9 Å². The Morgan fingerprint density at radius 1 is 0.292 bits per heavy atom. The Morgan fingerprint density at radius 2 is 0.569 bits per heavy atom. The predicted molar refractivity (Wildman–Crippen MR) is 311 cm³/mol. The zero-order chi connectivity index (χ0) is 52.2. The maximum atomic E-state index is 12.8. The van der Waals surface area contributed by atoms with E-state index in [-0.39, 0.29) is 31.1 Å². The topological polar surface area (TPSA) is 78.9 Å². The molecule has 0 spiro atoms. The lowest BCUT2D eigenvalue weighted by Gasteiger charge is -2.18. The van der Waals surface area contributed by atoms with Crippen LogP contribution in [0.15, 0.2) is 72.9 Å². The number of hydrogen-bond acceptors (Lipinski definition) is 6. The zero-order valence-electron chi connectivity index (χ0n) is 47.7. The van der Waals surface area contributed by atoms with Crippen molar-refractivity contribution in [1.29, 1.82) is 0 Å². The van der Waals surface area contributed by atoms with Crippen LogP contribution < -0.4 is 0 Å². The van der Waals surface area contributed by atoms with Crippen LogP contribution >= 0.6 is 0 Å². The Hall–Kier alpha value is -3.15. The SMILES string of the molecule is CC/C=C\C/C=C\C/C=C\C/C=C\CCCCCCCCCCCCCCCCCCCCC(=O)OCC(COC(=O)CCCCCCC/C=C\CCC)OC(=O)CCCCCCC/C=C\CCCCCC. The number of hydrogen-bond donors (Lipinski definition) is 0. The molecule has 6 nitrogen and oxygen atoms in total. The average molecular weight is 1010 g/mol. The molecule has 0 bridgehead atoms. The second kappa shape index (κ2) is 60.4. The number of allylic oxidation sites excluding steroid dienone is 12. The normalized spacial score (nSPS) is 12.5. The fourth-order valence-electron chi connectivity index (χ4n) is 8.79. The van der Waals surface area contributed by atoms with Crippen LogP contribution in [0.1, 0.15) is 310 Å². The van der Waals surface area contributed by atoms with E-state index in [1.807, 2.05) is 0 Å². The largest absolute Gasteiger partial charge is 0.462 e. The summed E-state index contributed by atoms with van der Waals surface area (Å²) in [5, 5.41) is 0. The van der Waals surface area contributed by atoms with Gasteiger partial charge in [0, 0.05) is 19.3 Å². The summed E-state index contributed by atoms with van der Waals surface area (Å²) in [4.78, 5) is 38.1. The van der Waals surface area contributed by atoms with Crippen LogP contribution in [0.25, 0.3) is 0 Å². The van der Waals surface area contributed by atoms with Gasteiger partial charge < -0.3 is 14.2 Å². The minimum Gasteiger partial charge on any atom is -0.462 e. The van der Waals surface area contributed by atoms with Gasteiger partial charge in [-0.05, 0) is 103 Å². The summed E-state index contributed by atoms with van der Waals surface area (Å²) < 4.78 is 16.8. The van der Waals surface area contributed by atoms with Crippen molar-refractivity contribution >= 4 is 17.9 Å². The van der Waals surface area contributed by atoms with Crippen LogP contribution in [0.4, 0.5) is 0 Å². The number of carbonyl (C=O) groups excluding carboxylic acids is 3. The first-order chi connectivity index (χ1) is 35.5. The first-order valence-electron chi connectivity index (χ1n) is 30.9. The highest BCUT2D eigenvalue weighted by Gasteiger charge is 2.19. The third-order valence-electron chi connectivity index (χ3n) is 13.4. The maximum absolute atomic E-state index is 12.8. The van der Waals surface area contributed by atoms with Crippen molar-refractivity contribution in [1.82, 2.24) is 0 Å². The molecule has 1 atom stereocenters. The van der Waals surface area contributed by atoms with E-state index in [9.17, 15) is 14.4 Å². The summed E-state index contributed by atoms with van der Waals surface area (Å²) >= 11 is 0. The highest BCUT2D eigenvalue weighted by Crippen LogP contribution is 2.17. The third kappa shape index (κ3) is 57.7. The molecule has 0 aliphatic carbocycles. The van der Waals surface area contributed by atoms with Crippen molar-refractivity contribution < 1.29 is 28.6 Å². The number of rotatable bonds is 56. The van der Waals surface area contributed by atoms with Gasteiger partial charge in [0.1, 0.15) is 13.2 Å². The van der Waals surface area contributed by atoms with E-state index >= 15 is 0 Å². The Labute approximate surface area is 446 Å². The van der Waals surface area contributed by atoms with Gasteiger partial charge >= 0.3 is 17.9 Å². The van der Waals surface area contributed by atoms with Crippen molar-refractivity contribution in [3.8, 4) is 0 Å².